The number of carbonyl (C=O) groups is 1. The van der Waals surface area contributed by atoms with Gasteiger partial charge in [-0.25, -0.2) is 9.89 Å². The van der Waals surface area contributed by atoms with Gasteiger partial charge in [0.05, 0.1) is 11.3 Å². The maximum atomic E-state index is 12.6. The van der Waals surface area contributed by atoms with E-state index < -0.39 is 0 Å². The van der Waals surface area contributed by atoms with Crippen LogP contribution >= 0.6 is 11.8 Å². The molecule has 7 heteroatoms. The quantitative estimate of drug-likeness (QED) is 0.573. The van der Waals surface area contributed by atoms with Crippen molar-refractivity contribution in [2.45, 2.75) is 43.3 Å². The summed E-state index contributed by atoms with van der Waals surface area (Å²) in [4.78, 5) is 24.7. The predicted octanol–water partition coefficient (Wildman–Crippen LogP) is 3.17. The van der Waals surface area contributed by atoms with E-state index in [9.17, 15) is 9.59 Å². The van der Waals surface area contributed by atoms with E-state index in [0.717, 1.165) is 17.5 Å². The summed E-state index contributed by atoms with van der Waals surface area (Å²) in [5, 5.41) is 9.75. The number of aromatic amines is 1. The molecule has 0 aliphatic rings. The molecule has 2 atom stereocenters. The molecule has 0 radical (unpaired) electrons. The van der Waals surface area contributed by atoms with Crippen LogP contribution in [0.1, 0.15) is 31.0 Å². The molecule has 0 saturated heterocycles. The molecule has 0 saturated carbocycles. The second-order valence-electron chi connectivity index (χ2n) is 6.60. The molecule has 0 fully saturated rings. The van der Waals surface area contributed by atoms with Crippen LogP contribution in [0.25, 0.3) is 0 Å². The first kappa shape index (κ1) is 19.9. The van der Waals surface area contributed by atoms with Crippen LogP contribution in [0.2, 0.25) is 0 Å². The summed E-state index contributed by atoms with van der Waals surface area (Å²) in [6.07, 6.45) is 0.722. The molecule has 3 aromatic rings. The molecule has 1 aromatic heterocycles. The standard InChI is InChI=1S/C21H24N4O2S/c1-15(18-11-7-4-8-12-18)22-19(26)16(2)28-21-24-23-20(27)25(21)14-13-17-9-5-3-6-10-17/h3-12,15-16H,13-14H2,1-2H3,(H,22,26)(H,23,27). The van der Waals surface area contributed by atoms with Gasteiger partial charge in [0.25, 0.3) is 0 Å². The van der Waals surface area contributed by atoms with Crippen molar-refractivity contribution in [3.63, 3.8) is 0 Å². The first-order chi connectivity index (χ1) is 13.5. The van der Waals surface area contributed by atoms with Gasteiger partial charge in [-0.3, -0.25) is 9.36 Å². The second-order valence-corrected chi connectivity index (χ2v) is 7.91. The Morgan fingerprint density at radius 3 is 2.43 bits per heavy atom. The average molecular weight is 397 g/mol. The van der Waals surface area contributed by atoms with E-state index in [4.69, 9.17) is 0 Å². The Kier molecular flexibility index (Phi) is 6.71. The van der Waals surface area contributed by atoms with Gasteiger partial charge in [-0.15, -0.1) is 5.10 Å². The van der Waals surface area contributed by atoms with Crippen molar-refractivity contribution in [2.75, 3.05) is 0 Å². The molecule has 6 nitrogen and oxygen atoms in total. The van der Waals surface area contributed by atoms with E-state index in [-0.39, 0.29) is 22.9 Å². The van der Waals surface area contributed by atoms with Crippen LogP contribution in [-0.4, -0.2) is 25.9 Å². The molecule has 28 heavy (non-hydrogen) atoms. The van der Waals surface area contributed by atoms with Gasteiger partial charge in [-0.2, -0.15) is 0 Å². The largest absolute Gasteiger partial charge is 0.349 e. The third-order valence-corrected chi connectivity index (χ3v) is 5.59. The number of nitrogens with zero attached hydrogens (tertiary/aromatic N) is 2. The van der Waals surface area contributed by atoms with Gasteiger partial charge < -0.3 is 5.32 Å². The summed E-state index contributed by atoms with van der Waals surface area (Å²) in [7, 11) is 0. The van der Waals surface area contributed by atoms with Crippen molar-refractivity contribution in [1.82, 2.24) is 20.1 Å². The summed E-state index contributed by atoms with van der Waals surface area (Å²) < 4.78 is 1.59. The minimum absolute atomic E-state index is 0.0868. The fourth-order valence-corrected chi connectivity index (χ4v) is 3.73. The number of hydrogen-bond donors (Lipinski definition) is 2. The van der Waals surface area contributed by atoms with Gasteiger partial charge in [0.1, 0.15) is 0 Å². The van der Waals surface area contributed by atoms with E-state index in [1.165, 1.54) is 11.8 Å². The molecule has 146 valence electrons. The van der Waals surface area contributed by atoms with Crippen LogP contribution in [0.15, 0.2) is 70.6 Å². The third-order valence-electron chi connectivity index (χ3n) is 4.50. The van der Waals surface area contributed by atoms with Crippen LogP contribution in [-0.2, 0) is 17.8 Å². The number of hydrogen-bond acceptors (Lipinski definition) is 4. The number of benzene rings is 2. The topological polar surface area (TPSA) is 79.8 Å². The van der Waals surface area contributed by atoms with Gasteiger partial charge in [-0.05, 0) is 31.4 Å². The van der Waals surface area contributed by atoms with E-state index in [0.29, 0.717) is 11.7 Å². The molecule has 0 bridgehead atoms. The first-order valence-corrected chi connectivity index (χ1v) is 10.1. The van der Waals surface area contributed by atoms with Crippen molar-refractivity contribution in [3.8, 4) is 0 Å². The summed E-state index contributed by atoms with van der Waals surface area (Å²) in [5.41, 5.74) is 1.94. The molecule has 0 aliphatic heterocycles. The Balaban J connectivity index is 1.61. The van der Waals surface area contributed by atoms with Gasteiger partial charge in [0, 0.05) is 6.54 Å². The zero-order valence-corrected chi connectivity index (χ0v) is 16.8. The zero-order valence-electron chi connectivity index (χ0n) is 16.0. The highest BCUT2D eigenvalue weighted by Crippen LogP contribution is 2.21. The fourth-order valence-electron chi connectivity index (χ4n) is 2.84. The van der Waals surface area contributed by atoms with Crippen molar-refractivity contribution < 1.29 is 4.79 Å². The van der Waals surface area contributed by atoms with E-state index >= 15 is 0 Å². The number of carbonyl (C=O) groups excluding carboxylic acids is 1. The molecular weight excluding hydrogens is 372 g/mol. The first-order valence-electron chi connectivity index (χ1n) is 9.25. The molecule has 2 aromatic carbocycles. The minimum atomic E-state index is -0.378. The summed E-state index contributed by atoms with van der Waals surface area (Å²) in [6, 6.07) is 19.7. The number of thioether (sulfide) groups is 1. The predicted molar refractivity (Wildman–Crippen MR) is 111 cm³/mol. The van der Waals surface area contributed by atoms with Crippen molar-refractivity contribution >= 4 is 17.7 Å². The fraction of sp³-hybridized carbons (Fsp3) is 0.286. The maximum absolute atomic E-state index is 12.6. The van der Waals surface area contributed by atoms with Crippen LogP contribution in [0.5, 0.6) is 0 Å². The molecule has 2 N–H and O–H groups in total. The highest BCUT2D eigenvalue weighted by molar-refractivity contribution is 8.00. The molecule has 3 rings (SSSR count). The number of amides is 1. The molecule has 0 aliphatic carbocycles. The average Bonchev–Trinajstić information content (AvgIpc) is 3.07. The molecular formula is C21H24N4O2S. The Morgan fingerprint density at radius 2 is 1.75 bits per heavy atom. The number of H-pyrrole nitrogens is 1. The van der Waals surface area contributed by atoms with Crippen molar-refractivity contribution in [1.29, 1.82) is 0 Å². The highest BCUT2D eigenvalue weighted by Gasteiger charge is 2.20. The van der Waals surface area contributed by atoms with E-state index in [1.807, 2.05) is 74.5 Å². The van der Waals surface area contributed by atoms with E-state index in [1.54, 1.807) is 4.57 Å². The zero-order chi connectivity index (χ0) is 19.9. The van der Waals surface area contributed by atoms with Gasteiger partial charge in [0.15, 0.2) is 5.16 Å². The van der Waals surface area contributed by atoms with Crippen LogP contribution in [0.4, 0.5) is 0 Å². The third kappa shape index (κ3) is 5.13. The lowest BCUT2D eigenvalue weighted by Crippen LogP contribution is -2.33. The number of rotatable bonds is 8. The minimum Gasteiger partial charge on any atom is -0.349 e. The highest BCUT2D eigenvalue weighted by atomic mass is 32.2. The lowest BCUT2D eigenvalue weighted by atomic mass is 10.1. The molecule has 0 spiro atoms. The number of aromatic nitrogens is 3. The summed E-state index contributed by atoms with van der Waals surface area (Å²) in [6.45, 7) is 4.28. The van der Waals surface area contributed by atoms with Gasteiger partial charge in [0.2, 0.25) is 5.91 Å². The van der Waals surface area contributed by atoms with Crippen LogP contribution < -0.4 is 11.0 Å². The van der Waals surface area contributed by atoms with Crippen LogP contribution in [0.3, 0.4) is 0 Å². The van der Waals surface area contributed by atoms with Gasteiger partial charge in [-0.1, -0.05) is 72.4 Å². The Bertz CT molecular complexity index is 953. The second kappa shape index (κ2) is 9.41. The number of aryl methyl sites for hydroxylation is 1. The Morgan fingerprint density at radius 1 is 1.11 bits per heavy atom. The summed E-state index contributed by atoms with van der Waals surface area (Å²) in [5.74, 6) is -0.0913. The lowest BCUT2D eigenvalue weighted by molar-refractivity contribution is -0.120. The number of nitrogens with one attached hydrogen (secondary N) is 2. The van der Waals surface area contributed by atoms with Crippen LogP contribution in [0, 0.1) is 0 Å². The SMILES string of the molecule is CC(Sc1n[nH]c(=O)n1CCc1ccccc1)C(=O)NC(C)c1ccccc1. The lowest BCUT2D eigenvalue weighted by Gasteiger charge is -2.17. The van der Waals surface area contributed by atoms with Crippen molar-refractivity contribution in [3.05, 3.63) is 82.3 Å². The molecule has 1 amide bonds. The van der Waals surface area contributed by atoms with Crippen molar-refractivity contribution in [2.24, 2.45) is 0 Å². The van der Waals surface area contributed by atoms with E-state index in [2.05, 4.69) is 15.5 Å². The smallest absolute Gasteiger partial charge is 0.343 e. The summed E-state index contributed by atoms with van der Waals surface area (Å²) >= 11 is 1.28. The maximum Gasteiger partial charge on any atom is 0.343 e. The molecule has 1 heterocycles. The monoisotopic (exact) mass is 396 g/mol. The molecule has 2 unspecified atom stereocenters. The Labute approximate surface area is 168 Å². The van der Waals surface area contributed by atoms with Gasteiger partial charge >= 0.3 is 5.69 Å². The Hall–Kier alpha value is -2.80. The normalized spacial score (nSPS) is 13.1.